The van der Waals surface area contributed by atoms with Crippen LogP contribution in [0.15, 0.2) is 36.9 Å². The molecule has 0 aliphatic carbocycles. The molecule has 2 rings (SSSR count). The van der Waals surface area contributed by atoms with E-state index in [0.717, 1.165) is 43.8 Å². The first kappa shape index (κ1) is 15.6. The van der Waals surface area contributed by atoms with Crippen LogP contribution in [0.1, 0.15) is 25.3 Å². The summed E-state index contributed by atoms with van der Waals surface area (Å²) in [7, 11) is 0. The topological polar surface area (TPSA) is 41.6 Å². The summed E-state index contributed by atoms with van der Waals surface area (Å²) in [5, 5.41) is 3.57. The quantitative estimate of drug-likeness (QED) is 0.817. The average molecular weight is 288 g/mol. The molecule has 1 amide bonds. The van der Waals surface area contributed by atoms with E-state index in [9.17, 15) is 4.79 Å². The number of benzene rings is 1. The smallest absolute Gasteiger partial charge is 0.219 e. The van der Waals surface area contributed by atoms with E-state index >= 15 is 0 Å². The minimum atomic E-state index is 0.177. The second kappa shape index (κ2) is 7.84. The molecule has 4 heteroatoms. The number of piperidine rings is 1. The van der Waals surface area contributed by atoms with Crippen LogP contribution in [0.3, 0.4) is 0 Å². The van der Waals surface area contributed by atoms with Gasteiger partial charge in [0, 0.05) is 38.2 Å². The Balaban J connectivity index is 1.83. The van der Waals surface area contributed by atoms with E-state index in [2.05, 4.69) is 18.0 Å². The molecule has 0 bridgehead atoms. The zero-order valence-electron chi connectivity index (χ0n) is 12.7. The van der Waals surface area contributed by atoms with Crippen molar-refractivity contribution in [3.63, 3.8) is 0 Å². The second-order valence-corrected chi connectivity index (χ2v) is 5.37. The third-order valence-corrected chi connectivity index (χ3v) is 3.85. The summed E-state index contributed by atoms with van der Waals surface area (Å²) in [4.78, 5) is 13.2. The van der Waals surface area contributed by atoms with Gasteiger partial charge in [0.1, 0.15) is 12.4 Å². The van der Waals surface area contributed by atoms with Crippen molar-refractivity contribution in [2.45, 2.75) is 32.4 Å². The van der Waals surface area contributed by atoms with Crippen molar-refractivity contribution in [1.82, 2.24) is 10.2 Å². The van der Waals surface area contributed by atoms with E-state index in [1.165, 1.54) is 0 Å². The molecule has 1 aromatic rings. The number of hydrogen-bond acceptors (Lipinski definition) is 3. The van der Waals surface area contributed by atoms with Crippen LogP contribution in [-0.4, -0.2) is 36.5 Å². The molecule has 1 N–H and O–H groups in total. The Bertz CT molecular complexity index is 479. The maximum Gasteiger partial charge on any atom is 0.219 e. The molecule has 114 valence electrons. The van der Waals surface area contributed by atoms with Crippen LogP contribution >= 0.6 is 0 Å². The van der Waals surface area contributed by atoms with Crippen molar-refractivity contribution >= 4 is 5.91 Å². The molecule has 1 heterocycles. The van der Waals surface area contributed by atoms with Crippen LogP contribution in [0.25, 0.3) is 0 Å². The Kier molecular flexibility index (Phi) is 5.81. The lowest BCUT2D eigenvalue weighted by molar-refractivity contribution is -0.129. The minimum Gasteiger partial charge on any atom is -0.489 e. The number of hydrogen-bond donors (Lipinski definition) is 1. The number of nitrogens with one attached hydrogen (secondary N) is 1. The summed E-state index contributed by atoms with van der Waals surface area (Å²) in [6, 6.07) is 8.53. The molecule has 1 aliphatic rings. The standard InChI is InChI=1S/C17H24N2O2/c1-3-12-21-17-7-5-4-6-15(17)13-18-16-8-10-19(11-9-16)14(2)20/h3-7,16,18H,1,8-13H2,2H3. The van der Waals surface area contributed by atoms with Crippen LogP contribution in [-0.2, 0) is 11.3 Å². The summed E-state index contributed by atoms with van der Waals surface area (Å²) < 4.78 is 5.66. The number of likely N-dealkylation sites (tertiary alicyclic amines) is 1. The van der Waals surface area contributed by atoms with Gasteiger partial charge in [0.25, 0.3) is 0 Å². The molecular weight excluding hydrogens is 264 g/mol. The first-order chi connectivity index (χ1) is 10.2. The lowest BCUT2D eigenvalue weighted by Crippen LogP contribution is -2.43. The van der Waals surface area contributed by atoms with E-state index in [4.69, 9.17) is 4.74 Å². The highest BCUT2D eigenvalue weighted by Gasteiger charge is 2.20. The third-order valence-electron chi connectivity index (χ3n) is 3.85. The average Bonchev–Trinajstić information content (AvgIpc) is 2.52. The zero-order valence-corrected chi connectivity index (χ0v) is 12.7. The highest BCUT2D eigenvalue weighted by molar-refractivity contribution is 5.73. The van der Waals surface area contributed by atoms with Gasteiger partial charge in [-0.3, -0.25) is 4.79 Å². The molecule has 0 aromatic heterocycles. The van der Waals surface area contributed by atoms with Crippen LogP contribution in [0, 0.1) is 0 Å². The first-order valence-electron chi connectivity index (χ1n) is 7.51. The predicted octanol–water partition coefficient (Wildman–Crippen LogP) is 2.35. The van der Waals surface area contributed by atoms with Gasteiger partial charge in [0.2, 0.25) is 5.91 Å². The third kappa shape index (κ3) is 4.60. The number of amides is 1. The lowest BCUT2D eigenvalue weighted by Gasteiger charge is -2.32. The Labute approximate surface area is 126 Å². The first-order valence-corrected chi connectivity index (χ1v) is 7.51. The molecule has 0 atom stereocenters. The molecule has 1 fully saturated rings. The Morgan fingerprint density at radius 2 is 2.14 bits per heavy atom. The molecule has 0 spiro atoms. The van der Waals surface area contributed by atoms with Crippen LogP contribution in [0.5, 0.6) is 5.75 Å². The van der Waals surface area contributed by atoms with Gasteiger partial charge < -0.3 is 15.0 Å². The molecular formula is C17H24N2O2. The SMILES string of the molecule is C=CCOc1ccccc1CNC1CCN(C(C)=O)CC1. The number of rotatable bonds is 6. The van der Waals surface area contributed by atoms with Crippen LogP contribution in [0.2, 0.25) is 0 Å². The Morgan fingerprint density at radius 3 is 2.81 bits per heavy atom. The van der Waals surface area contributed by atoms with E-state index in [-0.39, 0.29) is 5.91 Å². The summed E-state index contributed by atoms with van der Waals surface area (Å²) in [5.74, 6) is 1.09. The number of para-hydroxylation sites is 1. The zero-order chi connectivity index (χ0) is 15.1. The molecule has 21 heavy (non-hydrogen) atoms. The van der Waals surface area contributed by atoms with Gasteiger partial charge in [-0.15, -0.1) is 0 Å². The van der Waals surface area contributed by atoms with Crippen molar-refractivity contribution in [3.05, 3.63) is 42.5 Å². The summed E-state index contributed by atoms with van der Waals surface area (Å²) in [5.41, 5.74) is 1.16. The van der Waals surface area contributed by atoms with Crippen molar-refractivity contribution in [1.29, 1.82) is 0 Å². The maximum atomic E-state index is 11.3. The van der Waals surface area contributed by atoms with E-state index in [0.29, 0.717) is 12.6 Å². The fourth-order valence-corrected chi connectivity index (χ4v) is 2.59. The van der Waals surface area contributed by atoms with Crippen LogP contribution in [0.4, 0.5) is 0 Å². The normalized spacial score (nSPS) is 15.8. The fourth-order valence-electron chi connectivity index (χ4n) is 2.59. The largest absolute Gasteiger partial charge is 0.489 e. The number of nitrogens with zero attached hydrogens (tertiary/aromatic N) is 1. The molecule has 1 aromatic carbocycles. The van der Waals surface area contributed by atoms with E-state index < -0.39 is 0 Å². The fraction of sp³-hybridized carbons (Fsp3) is 0.471. The molecule has 0 saturated carbocycles. The highest BCUT2D eigenvalue weighted by atomic mass is 16.5. The van der Waals surface area contributed by atoms with Crippen molar-refractivity contribution in [3.8, 4) is 5.75 Å². The van der Waals surface area contributed by atoms with Crippen molar-refractivity contribution in [2.75, 3.05) is 19.7 Å². The lowest BCUT2D eigenvalue weighted by atomic mass is 10.0. The summed E-state index contributed by atoms with van der Waals surface area (Å²) in [6.07, 6.45) is 3.77. The van der Waals surface area contributed by atoms with E-state index in [1.807, 2.05) is 23.1 Å². The molecule has 4 nitrogen and oxygen atoms in total. The van der Waals surface area contributed by atoms with Gasteiger partial charge in [-0.25, -0.2) is 0 Å². The van der Waals surface area contributed by atoms with Gasteiger partial charge >= 0.3 is 0 Å². The highest BCUT2D eigenvalue weighted by Crippen LogP contribution is 2.19. The second-order valence-electron chi connectivity index (χ2n) is 5.37. The van der Waals surface area contributed by atoms with Gasteiger partial charge in [0.15, 0.2) is 0 Å². The summed E-state index contributed by atoms with van der Waals surface area (Å²) >= 11 is 0. The van der Waals surface area contributed by atoms with Gasteiger partial charge in [0.05, 0.1) is 0 Å². The maximum absolute atomic E-state index is 11.3. The van der Waals surface area contributed by atoms with Gasteiger partial charge in [-0.05, 0) is 18.9 Å². The number of ether oxygens (including phenoxy) is 1. The number of carbonyl (C=O) groups excluding carboxylic acids is 1. The van der Waals surface area contributed by atoms with Crippen LogP contribution < -0.4 is 10.1 Å². The van der Waals surface area contributed by atoms with Gasteiger partial charge in [-0.2, -0.15) is 0 Å². The van der Waals surface area contributed by atoms with Crippen molar-refractivity contribution < 1.29 is 9.53 Å². The molecule has 0 radical (unpaired) electrons. The van der Waals surface area contributed by atoms with Gasteiger partial charge in [-0.1, -0.05) is 30.9 Å². The number of carbonyl (C=O) groups is 1. The monoisotopic (exact) mass is 288 g/mol. The Hall–Kier alpha value is -1.81. The Morgan fingerprint density at radius 1 is 1.43 bits per heavy atom. The van der Waals surface area contributed by atoms with E-state index in [1.54, 1.807) is 13.0 Å². The molecule has 1 saturated heterocycles. The van der Waals surface area contributed by atoms with Crippen molar-refractivity contribution in [2.24, 2.45) is 0 Å². The molecule has 1 aliphatic heterocycles. The minimum absolute atomic E-state index is 0.177. The predicted molar refractivity (Wildman–Crippen MR) is 84.2 cm³/mol. The summed E-state index contributed by atoms with van der Waals surface area (Å²) in [6.45, 7) is 8.32. The molecule has 0 unspecified atom stereocenters.